The third kappa shape index (κ3) is 5.15. The SMILES string of the molecule is COC1CCC(NC2CCN(C(=O)OC(C)(C)C)CC2)C1. The van der Waals surface area contributed by atoms with Gasteiger partial charge in [0.1, 0.15) is 5.60 Å². The summed E-state index contributed by atoms with van der Waals surface area (Å²) in [7, 11) is 1.80. The molecule has 1 aliphatic carbocycles. The van der Waals surface area contributed by atoms with E-state index < -0.39 is 5.60 Å². The molecule has 2 atom stereocenters. The van der Waals surface area contributed by atoms with Crippen LogP contribution in [-0.4, -0.2) is 55.0 Å². The van der Waals surface area contributed by atoms with E-state index in [4.69, 9.17) is 9.47 Å². The number of rotatable bonds is 3. The maximum atomic E-state index is 12.0. The van der Waals surface area contributed by atoms with Crippen molar-refractivity contribution in [3.05, 3.63) is 0 Å². The number of carbonyl (C=O) groups is 1. The molecule has 0 radical (unpaired) electrons. The molecule has 1 amide bonds. The Balaban J connectivity index is 1.70. The van der Waals surface area contributed by atoms with Gasteiger partial charge in [-0.3, -0.25) is 0 Å². The van der Waals surface area contributed by atoms with E-state index in [0.29, 0.717) is 18.2 Å². The van der Waals surface area contributed by atoms with Crippen molar-refractivity contribution in [1.29, 1.82) is 0 Å². The molecule has 5 nitrogen and oxygen atoms in total. The van der Waals surface area contributed by atoms with Crippen LogP contribution in [0.1, 0.15) is 52.9 Å². The predicted molar refractivity (Wildman–Crippen MR) is 82.4 cm³/mol. The average molecular weight is 298 g/mol. The average Bonchev–Trinajstić information content (AvgIpc) is 2.85. The molecule has 1 heterocycles. The van der Waals surface area contributed by atoms with Crippen molar-refractivity contribution < 1.29 is 14.3 Å². The topological polar surface area (TPSA) is 50.8 Å². The lowest BCUT2D eigenvalue weighted by molar-refractivity contribution is 0.0195. The number of likely N-dealkylation sites (tertiary alicyclic amines) is 1. The molecule has 0 aromatic carbocycles. The Morgan fingerprint density at radius 3 is 2.29 bits per heavy atom. The van der Waals surface area contributed by atoms with Crippen LogP contribution in [0.25, 0.3) is 0 Å². The van der Waals surface area contributed by atoms with Gasteiger partial charge in [0.25, 0.3) is 0 Å². The normalized spacial score (nSPS) is 27.9. The number of methoxy groups -OCH3 is 1. The molecule has 2 fully saturated rings. The third-order valence-electron chi connectivity index (χ3n) is 4.34. The highest BCUT2D eigenvalue weighted by molar-refractivity contribution is 5.68. The van der Waals surface area contributed by atoms with Crippen molar-refractivity contribution in [3.8, 4) is 0 Å². The number of nitrogens with zero attached hydrogens (tertiary/aromatic N) is 1. The van der Waals surface area contributed by atoms with Gasteiger partial charge in [0, 0.05) is 32.3 Å². The molecule has 1 saturated heterocycles. The second kappa shape index (κ2) is 6.97. The summed E-state index contributed by atoms with van der Waals surface area (Å²) in [5.74, 6) is 0. The summed E-state index contributed by atoms with van der Waals surface area (Å²) in [5, 5.41) is 3.73. The number of nitrogens with one attached hydrogen (secondary N) is 1. The molecule has 122 valence electrons. The molecular formula is C16H30N2O3. The smallest absolute Gasteiger partial charge is 0.410 e. The van der Waals surface area contributed by atoms with Crippen molar-refractivity contribution in [2.45, 2.75) is 76.7 Å². The highest BCUT2D eigenvalue weighted by Crippen LogP contribution is 2.23. The predicted octanol–water partition coefficient (Wildman–Crippen LogP) is 2.54. The standard InChI is InChI=1S/C16H30N2O3/c1-16(2,3)21-15(19)18-9-7-12(8-10-18)17-13-5-6-14(11-13)20-4/h12-14,17H,5-11H2,1-4H3. The highest BCUT2D eigenvalue weighted by atomic mass is 16.6. The van der Waals surface area contributed by atoms with Crippen LogP contribution in [0, 0.1) is 0 Å². The van der Waals surface area contributed by atoms with Crippen molar-refractivity contribution in [2.24, 2.45) is 0 Å². The van der Waals surface area contributed by atoms with Crippen molar-refractivity contribution in [2.75, 3.05) is 20.2 Å². The molecule has 0 aromatic rings. The Kier molecular flexibility index (Phi) is 5.49. The second-order valence-corrected chi connectivity index (χ2v) is 7.28. The summed E-state index contributed by atoms with van der Waals surface area (Å²) >= 11 is 0. The molecule has 0 spiro atoms. The van der Waals surface area contributed by atoms with Crippen molar-refractivity contribution in [3.63, 3.8) is 0 Å². The summed E-state index contributed by atoms with van der Waals surface area (Å²) in [6.45, 7) is 7.29. The maximum Gasteiger partial charge on any atom is 0.410 e. The lowest BCUT2D eigenvalue weighted by Gasteiger charge is -2.35. The van der Waals surface area contributed by atoms with Crippen LogP contribution in [-0.2, 0) is 9.47 Å². The van der Waals surface area contributed by atoms with Crippen LogP contribution < -0.4 is 5.32 Å². The zero-order valence-corrected chi connectivity index (χ0v) is 13.9. The van der Waals surface area contributed by atoms with Crippen LogP contribution in [0.2, 0.25) is 0 Å². The van der Waals surface area contributed by atoms with Gasteiger partial charge in [0.2, 0.25) is 0 Å². The number of hydrogen-bond acceptors (Lipinski definition) is 4. The molecule has 2 unspecified atom stereocenters. The molecule has 0 bridgehead atoms. The van der Waals surface area contributed by atoms with Crippen LogP contribution in [0.3, 0.4) is 0 Å². The lowest BCUT2D eigenvalue weighted by atomic mass is 10.0. The highest BCUT2D eigenvalue weighted by Gasteiger charge is 2.30. The maximum absolute atomic E-state index is 12.0. The Morgan fingerprint density at radius 2 is 1.76 bits per heavy atom. The van der Waals surface area contributed by atoms with Crippen molar-refractivity contribution >= 4 is 6.09 Å². The summed E-state index contributed by atoms with van der Waals surface area (Å²) in [5.41, 5.74) is -0.412. The number of amides is 1. The molecule has 1 aliphatic heterocycles. The van der Waals surface area contributed by atoms with E-state index in [1.807, 2.05) is 25.7 Å². The molecule has 1 saturated carbocycles. The van der Waals surface area contributed by atoms with E-state index >= 15 is 0 Å². The van der Waals surface area contributed by atoms with Crippen molar-refractivity contribution in [1.82, 2.24) is 10.2 Å². The van der Waals surface area contributed by atoms with Gasteiger partial charge in [-0.1, -0.05) is 0 Å². The van der Waals surface area contributed by atoms with Gasteiger partial charge < -0.3 is 19.7 Å². The third-order valence-corrected chi connectivity index (χ3v) is 4.34. The van der Waals surface area contributed by atoms with Gasteiger partial charge in [-0.2, -0.15) is 0 Å². The largest absolute Gasteiger partial charge is 0.444 e. The molecule has 1 N–H and O–H groups in total. The Bertz CT molecular complexity index is 346. The van der Waals surface area contributed by atoms with Gasteiger partial charge in [-0.15, -0.1) is 0 Å². The van der Waals surface area contributed by atoms with Crippen LogP contribution >= 0.6 is 0 Å². The van der Waals surface area contributed by atoms with E-state index in [1.165, 1.54) is 6.42 Å². The van der Waals surface area contributed by atoms with E-state index in [0.717, 1.165) is 38.8 Å². The minimum Gasteiger partial charge on any atom is -0.444 e. The fraction of sp³-hybridized carbons (Fsp3) is 0.938. The quantitative estimate of drug-likeness (QED) is 0.870. The van der Waals surface area contributed by atoms with Gasteiger partial charge in [-0.05, 0) is 52.9 Å². The number of hydrogen-bond donors (Lipinski definition) is 1. The van der Waals surface area contributed by atoms with Gasteiger partial charge in [0.15, 0.2) is 0 Å². The first kappa shape index (κ1) is 16.6. The van der Waals surface area contributed by atoms with Gasteiger partial charge >= 0.3 is 6.09 Å². The number of piperidine rings is 1. The van der Waals surface area contributed by atoms with Crippen LogP contribution in [0.4, 0.5) is 4.79 Å². The van der Waals surface area contributed by atoms with Crippen LogP contribution in [0.15, 0.2) is 0 Å². The van der Waals surface area contributed by atoms with Gasteiger partial charge in [0.05, 0.1) is 6.10 Å². The van der Waals surface area contributed by atoms with Gasteiger partial charge in [-0.25, -0.2) is 4.79 Å². The summed E-state index contributed by atoms with van der Waals surface area (Å²) in [4.78, 5) is 13.8. The summed E-state index contributed by atoms with van der Waals surface area (Å²) < 4.78 is 10.8. The minimum absolute atomic E-state index is 0.179. The first-order chi connectivity index (χ1) is 9.87. The fourth-order valence-corrected chi connectivity index (χ4v) is 3.19. The Morgan fingerprint density at radius 1 is 1.10 bits per heavy atom. The first-order valence-corrected chi connectivity index (χ1v) is 8.14. The van der Waals surface area contributed by atoms with E-state index in [2.05, 4.69) is 5.32 Å². The lowest BCUT2D eigenvalue weighted by Crippen LogP contribution is -2.48. The zero-order chi connectivity index (χ0) is 15.5. The molecular weight excluding hydrogens is 268 g/mol. The molecule has 21 heavy (non-hydrogen) atoms. The fourth-order valence-electron chi connectivity index (χ4n) is 3.19. The summed E-state index contributed by atoms with van der Waals surface area (Å²) in [6, 6.07) is 1.09. The number of carbonyl (C=O) groups excluding carboxylic acids is 1. The zero-order valence-electron chi connectivity index (χ0n) is 13.9. The summed E-state index contributed by atoms with van der Waals surface area (Å²) in [6.07, 6.45) is 5.73. The Labute approximate surface area is 128 Å². The molecule has 2 aliphatic rings. The van der Waals surface area contributed by atoms with E-state index in [9.17, 15) is 4.79 Å². The minimum atomic E-state index is -0.412. The molecule has 0 aromatic heterocycles. The molecule has 2 rings (SSSR count). The molecule has 5 heteroatoms. The number of ether oxygens (including phenoxy) is 2. The van der Waals surface area contributed by atoms with E-state index in [1.54, 1.807) is 7.11 Å². The van der Waals surface area contributed by atoms with E-state index in [-0.39, 0.29) is 6.09 Å². The second-order valence-electron chi connectivity index (χ2n) is 7.28. The van der Waals surface area contributed by atoms with Crippen LogP contribution in [0.5, 0.6) is 0 Å². The first-order valence-electron chi connectivity index (χ1n) is 8.14. The monoisotopic (exact) mass is 298 g/mol. The Hall–Kier alpha value is -0.810.